The van der Waals surface area contributed by atoms with Gasteiger partial charge in [-0.25, -0.2) is 0 Å². The summed E-state index contributed by atoms with van der Waals surface area (Å²) in [5.41, 5.74) is 5.50. The molecule has 0 unspecified atom stereocenters. The second kappa shape index (κ2) is 6.66. The van der Waals surface area contributed by atoms with Gasteiger partial charge in [0.15, 0.2) is 0 Å². The number of nitrogens with two attached hydrogens (primary N) is 1. The van der Waals surface area contributed by atoms with Crippen LogP contribution in [0.5, 0.6) is 0 Å². The Labute approximate surface area is 71.4 Å². The lowest BCUT2D eigenvalue weighted by Crippen LogP contribution is -2.13. The third kappa shape index (κ3) is 5.25. The van der Waals surface area contributed by atoms with E-state index >= 15 is 0 Å². The van der Waals surface area contributed by atoms with Crippen LogP contribution in [0.4, 0.5) is 0 Å². The van der Waals surface area contributed by atoms with E-state index < -0.39 is 0 Å². The average Bonchev–Trinajstić information content (AvgIpc) is 2.00. The van der Waals surface area contributed by atoms with Gasteiger partial charge in [-0.3, -0.25) is 0 Å². The molecule has 0 rings (SSSR count). The van der Waals surface area contributed by atoms with Crippen LogP contribution < -0.4 is 5.73 Å². The van der Waals surface area contributed by atoms with Crippen molar-refractivity contribution in [3.63, 3.8) is 0 Å². The van der Waals surface area contributed by atoms with Gasteiger partial charge in [-0.05, 0) is 24.8 Å². The predicted octanol–water partition coefficient (Wildman–Crippen LogP) is 2.80. The van der Waals surface area contributed by atoms with Crippen molar-refractivity contribution in [2.75, 3.05) is 6.54 Å². The van der Waals surface area contributed by atoms with Crippen molar-refractivity contribution >= 4 is 0 Å². The Morgan fingerprint density at radius 3 is 2.09 bits per heavy atom. The van der Waals surface area contributed by atoms with Crippen molar-refractivity contribution in [1.29, 1.82) is 0 Å². The first-order chi connectivity index (χ1) is 5.22. The van der Waals surface area contributed by atoms with Crippen molar-refractivity contribution in [2.24, 2.45) is 17.6 Å². The molecule has 1 nitrogen and oxygen atoms in total. The lowest BCUT2D eigenvalue weighted by molar-refractivity contribution is 0.340. The molecule has 68 valence electrons. The Kier molecular flexibility index (Phi) is 6.63. The van der Waals surface area contributed by atoms with Gasteiger partial charge in [0.05, 0.1) is 0 Å². The number of unbranched alkanes of at least 4 members (excludes halogenated alkanes) is 1. The molecule has 0 saturated heterocycles. The first-order valence-corrected chi connectivity index (χ1v) is 4.92. The molecular formula is C10H23N. The normalized spacial score (nSPS) is 16.4. The van der Waals surface area contributed by atoms with Crippen molar-refractivity contribution in [2.45, 2.75) is 46.5 Å². The summed E-state index contributed by atoms with van der Waals surface area (Å²) < 4.78 is 0. The molecule has 0 aromatic heterocycles. The zero-order valence-corrected chi connectivity index (χ0v) is 8.27. The first-order valence-electron chi connectivity index (χ1n) is 4.92. The minimum Gasteiger partial charge on any atom is -0.330 e. The molecule has 0 aliphatic carbocycles. The lowest BCUT2D eigenvalue weighted by atomic mass is 9.89. The van der Waals surface area contributed by atoms with E-state index in [9.17, 15) is 0 Å². The minimum absolute atomic E-state index is 0.812. The largest absolute Gasteiger partial charge is 0.330 e. The summed E-state index contributed by atoms with van der Waals surface area (Å²) in [5.74, 6) is 1.67. The van der Waals surface area contributed by atoms with Crippen LogP contribution in [0.25, 0.3) is 0 Å². The third-order valence-corrected chi connectivity index (χ3v) is 2.61. The van der Waals surface area contributed by atoms with Crippen LogP contribution in [-0.2, 0) is 0 Å². The Morgan fingerprint density at radius 1 is 1.09 bits per heavy atom. The summed E-state index contributed by atoms with van der Waals surface area (Å²) in [6.07, 6.45) is 5.25. The summed E-state index contributed by atoms with van der Waals surface area (Å²) >= 11 is 0. The van der Waals surface area contributed by atoms with Gasteiger partial charge in [-0.15, -0.1) is 0 Å². The highest BCUT2D eigenvalue weighted by Crippen LogP contribution is 2.19. The first kappa shape index (κ1) is 11.0. The lowest BCUT2D eigenvalue weighted by Gasteiger charge is -2.18. The fourth-order valence-electron chi connectivity index (χ4n) is 1.36. The number of rotatable bonds is 6. The van der Waals surface area contributed by atoms with E-state index in [1.807, 2.05) is 0 Å². The Balaban J connectivity index is 3.38. The molecule has 0 bridgehead atoms. The predicted molar refractivity (Wildman–Crippen MR) is 51.5 cm³/mol. The second-order valence-electron chi connectivity index (χ2n) is 3.67. The average molecular weight is 157 g/mol. The summed E-state index contributed by atoms with van der Waals surface area (Å²) in [6, 6.07) is 0. The highest BCUT2D eigenvalue weighted by molar-refractivity contribution is 4.62. The third-order valence-electron chi connectivity index (χ3n) is 2.61. The van der Waals surface area contributed by atoms with Gasteiger partial charge in [0.1, 0.15) is 0 Å². The molecular weight excluding hydrogens is 134 g/mol. The van der Waals surface area contributed by atoms with Gasteiger partial charge in [0, 0.05) is 0 Å². The van der Waals surface area contributed by atoms with E-state index in [1.54, 1.807) is 0 Å². The van der Waals surface area contributed by atoms with Crippen LogP contribution in [0.3, 0.4) is 0 Å². The van der Waals surface area contributed by atoms with E-state index in [4.69, 9.17) is 5.73 Å². The maximum absolute atomic E-state index is 5.50. The Morgan fingerprint density at radius 2 is 1.64 bits per heavy atom. The number of hydrogen-bond acceptors (Lipinski definition) is 1. The smallest absolute Gasteiger partial charge is 0.00746 e. The van der Waals surface area contributed by atoms with Crippen molar-refractivity contribution in [3.8, 4) is 0 Å². The molecule has 0 saturated carbocycles. The monoisotopic (exact) mass is 157 g/mol. The van der Waals surface area contributed by atoms with E-state index in [2.05, 4.69) is 20.8 Å². The molecule has 2 atom stereocenters. The van der Waals surface area contributed by atoms with Crippen LogP contribution in [0.15, 0.2) is 0 Å². The van der Waals surface area contributed by atoms with Crippen LogP contribution in [0.1, 0.15) is 46.5 Å². The molecule has 0 aliphatic heterocycles. The molecule has 0 radical (unpaired) electrons. The molecule has 2 N–H and O–H groups in total. The SMILES string of the molecule is CCCC[C@H](C)[C@@H](C)CCN. The van der Waals surface area contributed by atoms with Gasteiger partial charge in [0.25, 0.3) is 0 Å². The van der Waals surface area contributed by atoms with Gasteiger partial charge in [0.2, 0.25) is 0 Å². The Hall–Kier alpha value is -0.0400. The fourth-order valence-corrected chi connectivity index (χ4v) is 1.36. The molecule has 0 spiro atoms. The molecule has 0 amide bonds. The van der Waals surface area contributed by atoms with Crippen LogP contribution in [0, 0.1) is 11.8 Å². The second-order valence-corrected chi connectivity index (χ2v) is 3.67. The molecule has 0 aromatic rings. The zero-order valence-electron chi connectivity index (χ0n) is 8.27. The summed E-state index contributed by atoms with van der Waals surface area (Å²) in [7, 11) is 0. The minimum atomic E-state index is 0.812. The van der Waals surface area contributed by atoms with Crippen LogP contribution in [0.2, 0.25) is 0 Å². The fraction of sp³-hybridized carbons (Fsp3) is 1.00. The molecule has 0 heterocycles. The van der Waals surface area contributed by atoms with E-state index in [0.717, 1.165) is 18.4 Å². The summed E-state index contributed by atoms with van der Waals surface area (Å²) in [4.78, 5) is 0. The van der Waals surface area contributed by atoms with Crippen molar-refractivity contribution in [1.82, 2.24) is 0 Å². The summed E-state index contributed by atoms with van der Waals surface area (Å²) in [5, 5.41) is 0. The Bertz CT molecular complexity index is 80.9. The highest BCUT2D eigenvalue weighted by Gasteiger charge is 2.09. The summed E-state index contributed by atoms with van der Waals surface area (Å²) in [6.45, 7) is 7.75. The molecule has 0 aliphatic rings. The maximum Gasteiger partial charge on any atom is -0.00746 e. The molecule has 0 aromatic carbocycles. The topological polar surface area (TPSA) is 26.0 Å². The molecule has 1 heteroatoms. The van der Waals surface area contributed by atoms with E-state index in [1.165, 1.54) is 25.7 Å². The van der Waals surface area contributed by atoms with Crippen molar-refractivity contribution < 1.29 is 0 Å². The van der Waals surface area contributed by atoms with Gasteiger partial charge in [-0.1, -0.05) is 40.0 Å². The molecule has 11 heavy (non-hydrogen) atoms. The van der Waals surface area contributed by atoms with Crippen LogP contribution >= 0.6 is 0 Å². The van der Waals surface area contributed by atoms with E-state index in [0.29, 0.717) is 0 Å². The highest BCUT2D eigenvalue weighted by atomic mass is 14.5. The van der Waals surface area contributed by atoms with E-state index in [-0.39, 0.29) is 0 Å². The standard InChI is InChI=1S/C10H23N/c1-4-5-6-9(2)10(3)7-8-11/h9-10H,4-8,11H2,1-3H3/t9-,10-/m0/s1. The van der Waals surface area contributed by atoms with Gasteiger partial charge < -0.3 is 5.73 Å². The molecule has 0 fully saturated rings. The van der Waals surface area contributed by atoms with Gasteiger partial charge >= 0.3 is 0 Å². The maximum atomic E-state index is 5.50. The zero-order chi connectivity index (χ0) is 8.69. The van der Waals surface area contributed by atoms with Crippen LogP contribution in [-0.4, -0.2) is 6.54 Å². The van der Waals surface area contributed by atoms with Gasteiger partial charge in [-0.2, -0.15) is 0 Å². The number of hydrogen-bond donors (Lipinski definition) is 1. The van der Waals surface area contributed by atoms with Crippen molar-refractivity contribution in [3.05, 3.63) is 0 Å². The quantitative estimate of drug-likeness (QED) is 0.630.